The molecule has 0 spiro atoms. The zero-order valence-electron chi connectivity index (χ0n) is 13.9. The van der Waals surface area contributed by atoms with Crippen LogP contribution in [0.2, 0.25) is 0 Å². The van der Waals surface area contributed by atoms with Crippen LogP contribution in [0, 0.1) is 0 Å². The fourth-order valence-electron chi connectivity index (χ4n) is 3.90. The zero-order valence-corrected chi connectivity index (χ0v) is 14.7. The van der Waals surface area contributed by atoms with Gasteiger partial charge in [0, 0.05) is 29.1 Å². The number of alkyl halides is 1. The van der Waals surface area contributed by atoms with Gasteiger partial charge in [0.2, 0.25) is 0 Å². The van der Waals surface area contributed by atoms with Gasteiger partial charge in [-0.05, 0) is 42.2 Å². The predicted octanol–water partition coefficient (Wildman–Crippen LogP) is 3.59. The average molecular weight is 356 g/mol. The van der Waals surface area contributed by atoms with Crippen molar-refractivity contribution in [2.24, 2.45) is 0 Å². The van der Waals surface area contributed by atoms with E-state index >= 15 is 0 Å². The lowest BCUT2D eigenvalue weighted by atomic mass is 9.84. The highest BCUT2D eigenvalue weighted by molar-refractivity contribution is 6.19. The van der Waals surface area contributed by atoms with Gasteiger partial charge in [-0.1, -0.05) is 18.2 Å². The summed E-state index contributed by atoms with van der Waals surface area (Å²) < 4.78 is 5.27. The van der Waals surface area contributed by atoms with Gasteiger partial charge in [-0.15, -0.1) is 11.6 Å². The number of nitrogens with zero attached hydrogens (tertiary/aromatic N) is 1. The Bertz CT molecular complexity index is 866. The number of hydrogen-bond donors (Lipinski definition) is 0. The number of fused-ring (bicyclic) bond motifs is 4. The summed E-state index contributed by atoms with van der Waals surface area (Å²) in [6.07, 6.45) is 6.99. The maximum absolute atomic E-state index is 13.2. The van der Waals surface area contributed by atoms with Crippen LogP contribution in [0.25, 0.3) is 0 Å². The first kappa shape index (κ1) is 16.2. The van der Waals surface area contributed by atoms with Crippen LogP contribution < -0.4 is 4.74 Å². The van der Waals surface area contributed by atoms with Crippen LogP contribution in [0.3, 0.4) is 0 Å². The van der Waals surface area contributed by atoms with Gasteiger partial charge < -0.3 is 9.64 Å². The number of ketones is 1. The van der Waals surface area contributed by atoms with E-state index < -0.39 is 0 Å². The van der Waals surface area contributed by atoms with E-state index in [9.17, 15) is 9.59 Å². The van der Waals surface area contributed by atoms with Crippen LogP contribution in [-0.4, -0.2) is 36.1 Å². The van der Waals surface area contributed by atoms with Crippen molar-refractivity contribution < 1.29 is 14.3 Å². The van der Waals surface area contributed by atoms with Gasteiger partial charge in [0.1, 0.15) is 5.75 Å². The van der Waals surface area contributed by atoms with Crippen molar-refractivity contribution in [3.8, 4) is 5.75 Å². The number of halogens is 1. The van der Waals surface area contributed by atoms with Crippen molar-refractivity contribution in [1.29, 1.82) is 0 Å². The summed E-state index contributed by atoms with van der Waals surface area (Å²) in [4.78, 5) is 28.0. The molecule has 0 saturated carbocycles. The fourth-order valence-corrected chi connectivity index (χ4v) is 4.02. The Hall–Kier alpha value is -2.33. The minimum absolute atomic E-state index is 0.00141. The van der Waals surface area contributed by atoms with E-state index in [4.69, 9.17) is 16.3 Å². The Kier molecular flexibility index (Phi) is 4.00. The first-order valence-electron chi connectivity index (χ1n) is 8.37. The molecule has 1 aromatic carbocycles. The van der Waals surface area contributed by atoms with Crippen molar-refractivity contribution in [2.75, 3.05) is 19.5 Å². The molecule has 128 valence electrons. The topological polar surface area (TPSA) is 46.6 Å². The van der Waals surface area contributed by atoms with Gasteiger partial charge in [-0.25, -0.2) is 0 Å². The third-order valence-corrected chi connectivity index (χ3v) is 5.29. The van der Waals surface area contributed by atoms with E-state index in [1.54, 1.807) is 18.1 Å². The number of amides is 1. The van der Waals surface area contributed by atoms with Crippen LogP contribution >= 0.6 is 11.6 Å². The summed E-state index contributed by atoms with van der Waals surface area (Å²) in [7, 11) is 1.58. The lowest BCUT2D eigenvalue weighted by Gasteiger charge is -2.37. The van der Waals surface area contributed by atoms with E-state index in [0.29, 0.717) is 42.2 Å². The molecule has 25 heavy (non-hydrogen) atoms. The summed E-state index contributed by atoms with van der Waals surface area (Å²) in [6, 6.07) is 5.20. The van der Waals surface area contributed by atoms with Crippen LogP contribution in [0.4, 0.5) is 0 Å². The van der Waals surface area contributed by atoms with Crippen LogP contribution in [0.5, 0.6) is 5.75 Å². The number of carbonyl (C=O) groups is 2. The first-order chi connectivity index (χ1) is 12.2. The summed E-state index contributed by atoms with van der Waals surface area (Å²) >= 11 is 5.86. The van der Waals surface area contributed by atoms with Gasteiger partial charge in [0.05, 0.1) is 13.2 Å². The maximum atomic E-state index is 13.2. The molecular weight excluding hydrogens is 338 g/mol. The number of allylic oxidation sites excluding steroid dienone is 3. The highest BCUT2D eigenvalue weighted by Gasteiger charge is 2.46. The van der Waals surface area contributed by atoms with Crippen molar-refractivity contribution in [3.05, 3.63) is 64.3 Å². The Morgan fingerprint density at radius 2 is 2.16 bits per heavy atom. The monoisotopic (exact) mass is 355 g/mol. The second-order valence-corrected chi connectivity index (χ2v) is 6.71. The molecule has 4 rings (SSSR count). The minimum Gasteiger partial charge on any atom is -0.497 e. The number of methoxy groups -OCH3 is 1. The Balaban J connectivity index is 1.91. The SMILES string of the molecule is COc1ccc2c(c1)C(=O)C1=C3CC=CC=C3C(=O)N(CCCCl)C12. The molecule has 0 radical (unpaired) electrons. The highest BCUT2D eigenvalue weighted by atomic mass is 35.5. The Morgan fingerprint density at radius 3 is 2.92 bits per heavy atom. The van der Waals surface area contributed by atoms with Gasteiger partial charge in [-0.3, -0.25) is 9.59 Å². The number of ether oxygens (including phenoxy) is 1. The summed E-state index contributed by atoms with van der Waals surface area (Å²) in [5.41, 5.74) is 3.74. The van der Waals surface area contributed by atoms with Gasteiger partial charge in [-0.2, -0.15) is 0 Å². The molecule has 1 aliphatic heterocycles. The van der Waals surface area contributed by atoms with Crippen LogP contribution in [0.15, 0.2) is 53.1 Å². The molecule has 3 aliphatic rings. The summed E-state index contributed by atoms with van der Waals surface area (Å²) in [5, 5.41) is 0. The normalized spacial score (nSPS) is 21.1. The van der Waals surface area contributed by atoms with Crippen molar-refractivity contribution in [2.45, 2.75) is 18.9 Å². The molecule has 1 amide bonds. The lowest BCUT2D eigenvalue weighted by Crippen LogP contribution is -2.41. The molecule has 0 bridgehead atoms. The second-order valence-electron chi connectivity index (χ2n) is 6.33. The molecule has 1 aromatic rings. The molecule has 1 unspecified atom stereocenters. The summed E-state index contributed by atoms with van der Waals surface area (Å²) in [5.74, 6) is 1.10. The van der Waals surface area contributed by atoms with Crippen LogP contribution in [0.1, 0.15) is 34.8 Å². The molecule has 4 nitrogen and oxygen atoms in total. The smallest absolute Gasteiger partial charge is 0.254 e. The fraction of sp³-hybridized carbons (Fsp3) is 0.300. The highest BCUT2D eigenvalue weighted by Crippen LogP contribution is 2.48. The third-order valence-electron chi connectivity index (χ3n) is 5.02. The summed E-state index contributed by atoms with van der Waals surface area (Å²) in [6.45, 7) is 0.531. The standard InChI is InChI=1S/C20H18ClNO3/c1-25-12-7-8-14-16(11-12)19(23)17-13-5-2-3-6-15(13)20(24)22(18(14)17)10-4-9-21/h2-3,6-8,11,18H,4-5,9-10H2,1H3. The Labute approximate surface area is 151 Å². The van der Waals surface area contributed by atoms with E-state index in [2.05, 4.69) is 0 Å². The van der Waals surface area contributed by atoms with E-state index in [1.807, 2.05) is 30.4 Å². The average Bonchev–Trinajstić information content (AvgIpc) is 2.94. The molecule has 1 heterocycles. The number of Topliss-reactive ketones (excluding diaryl/α,β-unsaturated/α-hetero) is 1. The predicted molar refractivity (Wildman–Crippen MR) is 96.0 cm³/mol. The van der Waals surface area contributed by atoms with Crippen molar-refractivity contribution >= 4 is 23.3 Å². The minimum atomic E-state index is -0.317. The van der Waals surface area contributed by atoms with Gasteiger partial charge in [0.25, 0.3) is 5.91 Å². The molecule has 2 aliphatic carbocycles. The van der Waals surface area contributed by atoms with E-state index in [1.165, 1.54) is 0 Å². The van der Waals surface area contributed by atoms with Crippen LogP contribution in [-0.2, 0) is 4.79 Å². The zero-order chi connectivity index (χ0) is 17.6. The molecule has 0 N–H and O–H groups in total. The number of rotatable bonds is 4. The van der Waals surface area contributed by atoms with Gasteiger partial charge in [0.15, 0.2) is 5.78 Å². The maximum Gasteiger partial charge on any atom is 0.254 e. The molecule has 1 atom stereocenters. The third kappa shape index (κ3) is 2.35. The largest absolute Gasteiger partial charge is 0.497 e. The molecule has 0 aromatic heterocycles. The molecular formula is C20H18ClNO3. The van der Waals surface area contributed by atoms with Gasteiger partial charge >= 0.3 is 0 Å². The first-order valence-corrected chi connectivity index (χ1v) is 8.90. The number of hydrogen-bond acceptors (Lipinski definition) is 3. The van der Waals surface area contributed by atoms with E-state index in [-0.39, 0.29) is 17.7 Å². The Morgan fingerprint density at radius 1 is 1.32 bits per heavy atom. The number of carbonyl (C=O) groups excluding carboxylic acids is 2. The van der Waals surface area contributed by atoms with E-state index in [0.717, 1.165) is 16.7 Å². The number of benzene rings is 1. The lowest BCUT2D eigenvalue weighted by molar-refractivity contribution is -0.129. The second kappa shape index (κ2) is 6.19. The quantitative estimate of drug-likeness (QED) is 0.775. The molecule has 5 heteroatoms. The van der Waals surface area contributed by atoms with Crippen molar-refractivity contribution in [1.82, 2.24) is 4.90 Å². The van der Waals surface area contributed by atoms with Crippen molar-refractivity contribution in [3.63, 3.8) is 0 Å². The molecule has 0 fully saturated rings. The molecule has 0 saturated heterocycles.